The number of carbonyl (C=O) groups excluding carboxylic acids is 2. The maximum absolute atomic E-state index is 14.2. The number of ether oxygens (including phenoxy) is 4. The van der Waals surface area contributed by atoms with Gasteiger partial charge in [0, 0.05) is 41.6 Å². The average molecular weight is 697 g/mol. The largest absolute Gasteiger partial charge is 0.497 e. The number of hydrazine groups is 1. The topological polar surface area (TPSA) is 128 Å². The van der Waals surface area contributed by atoms with Crippen LogP contribution in [0, 0.1) is 0 Å². The van der Waals surface area contributed by atoms with Crippen molar-refractivity contribution in [3.63, 3.8) is 0 Å². The highest BCUT2D eigenvalue weighted by Crippen LogP contribution is 2.45. The van der Waals surface area contributed by atoms with E-state index >= 15 is 0 Å². The van der Waals surface area contributed by atoms with Gasteiger partial charge in [0.15, 0.2) is 11.6 Å². The van der Waals surface area contributed by atoms with Gasteiger partial charge in [-0.2, -0.15) is 0 Å². The van der Waals surface area contributed by atoms with Crippen LogP contribution >= 0.6 is 15.9 Å². The molecule has 0 aliphatic carbocycles. The smallest absolute Gasteiger partial charge is 0.306 e. The number of esters is 1. The minimum absolute atomic E-state index is 0.0335. The summed E-state index contributed by atoms with van der Waals surface area (Å²) < 4.78 is 23.8. The van der Waals surface area contributed by atoms with E-state index in [0.29, 0.717) is 42.9 Å². The van der Waals surface area contributed by atoms with E-state index in [-0.39, 0.29) is 25.3 Å². The molecule has 1 aliphatic rings. The summed E-state index contributed by atoms with van der Waals surface area (Å²) in [5.41, 5.74) is 6.13. The first-order chi connectivity index (χ1) is 22.0. The molecule has 246 valence electrons. The Morgan fingerprint density at radius 1 is 1.02 bits per heavy atom. The van der Waals surface area contributed by atoms with E-state index in [0.717, 1.165) is 15.8 Å². The monoisotopic (exact) mass is 695 g/mol. The summed E-state index contributed by atoms with van der Waals surface area (Å²) in [6, 6.07) is 22.4. The standard InChI is InChI=1S/C35H42BrN3O7/c1-34(2,3)46-30(41)18-20-35(33(42)39-37-21-19-24-10-14-26(43-4)15-11-24)31(28-8-5-6-9-29(28)36)45-32(38-35)25-12-16-27(17-13-25)44-23-7-22-40/h5-6,8-17,31,37,40H,7,18-23H2,1-4H3,(H,39,42)/t31-,35-/m0/s1. The third kappa shape index (κ3) is 9.31. The molecule has 2 atom stereocenters. The zero-order chi connectivity index (χ0) is 33.2. The predicted octanol–water partition coefficient (Wildman–Crippen LogP) is 5.46. The molecule has 1 aliphatic heterocycles. The molecule has 4 rings (SSSR count). The number of aliphatic hydroxyl groups is 1. The van der Waals surface area contributed by atoms with Crippen LogP contribution < -0.4 is 20.3 Å². The van der Waals surface area contributed by atoms with E-state index in [1.807, 2.05) is 48.5 Å². The number of rotatable bonds is 15. The molecule has 3 aromatic rings. The summed E-state index contributed by atoms with van der Waals surface area (Å²) in [6.45, 7) is 6.29. The number of aliphatic imine (C=N–C) groups is 1. The van der Waals surface area contributed by atoms with Gasteiger partial charge in [-0.25, -0.2) is 10.4 Å². The van der Waals surface area contributed by atoms with Gasteiger partial charge in [-0.15, -0.1) is 0 Å². The van der Waals surface area contributed by atoms with E-state index in [9.17, 15) is 9.59 Å². The molecule has 0 radical (unpaired) electrons. The van der Waals surface area contributed by atoms with E-state index in [4.69, 9.17) is 29.0 Å². The van der Waals surface area contributed by atoms with Crippen molar-refractivity contribution < 1.29 is 33.6 Å². The lowest BCUT2D eigenvalue weighted by Gasteiger charge is -2.31. The summed E-state index contributed by atoms with van der Waals surface area (Å²) in [5, 5.41) is 9.05. The van der Waals surface area contributed by atoms with Crippen molar-refractivity contribution in [1.82, 2.24) is 10.9 Å². The van der Waals surface area contributed by atoms with Crippen molar-refractivity contribution in [2.75, 3.05) is 26.9 Å². The van der Waals surface area contributed by atoms with Crippen LogP contribution in [0.2, 0.25) is 0 Å². The lowest BCUT2D eigenvalue weighted by atomic mass is 9.83. The van der Waals surface area contributed by atoms with Crippen molar-refractivity contribution >= 4 is 33.7 Å². The van der Waals surface area contributed by atoms with Gasteiger partial charge in [-0.05, 0) is 81.6 Å². The Kier molecular flexibility index (Phi) is 12.2. The van der Waals surface area contributed by atoms with Crippen LogP contribution in [0.3, 0.4) is 0 Å². The molecule has 3 aromatic carbocycles. The predicted molar refractivity (Wildman–Crippen MR) is 179 cm³/mol. The third-order valence-corrected chi connectivity index (χ3v) is 7.97. The summed E-state index contributed by atoms with van der Waals surface area (Å²) >= 11 is 3.63. The number of hydrogen-bond acceptors (Lipinski definition) is 9. The number of carbonyl (C=O) groups is 2. The third-order valence-electron chi connectivity index (χ3n) is 7.25. The minimum Gasteiger partial charge on any atom is -0.497 e. The second kappa shape index (κ2) is 16.1. The molecule has 0 spiro atoms. The molecule has 3 N–H and O–H groups in total. The van der Waals surface area contributed by atoms with Crippen LogP contribution in [0.15, 0.2) is 82.3 Å². The van der Waals surface area contributed by atoms with Crippen molar-refractivity contribution in [2.24, 2.45) is 4.99 Å². The van der Waals surface area contributed by atoms with Crippen LogP contribution in [0.25, 0.3) is 0 Å². The Bertz CT molecular complexity index is 1490. The molecule has 0 saturated heterocycles. The number of benzene rings is 3. The zero-order valence-electron chi connectivity index (χ0n) is 26.7. The van der Waals surface area contributed by atoms with Crippen molar-refractivity contribution in [1.29, 1.82) is 0 Å². The Labute approximate surface area is 278 Å². The zero-order valence-corrected chi connectivity index (χ0v) is 28.3. The van der Waals surface area contributed by atoms with Crippen LogP contribution in [-0.2, 0) is 25.5 Å². The maximum Gasteiger partial charge on any atom is 0.306 e. The highest BCUT2D eigenvalue weighted by Gasteiger charge is 2.54. The molecule has 1 heterocycles. The Morgan fingerprint density at radius 3 is 2.37 bits per heavy atom. The molecule has 46 heavy (non-hydrogen) atoms. The maximum atomic E-state index is 14.2. The van der Waals surface area contributed by atoms with Crippen LogP contribution in [0.1, 0.15) is 62.8 Å². The molecule has 0 unspecified atom stereocenters. The summed E-state index contributed by atoms with van der Waals surface area (Å²) in [6.07, 6.45) is 0.292. The fraction of sp³-hybridized carbons (Fsp3) is 0.400. The number of halogens is 1. The molecular formula is C35H42BrN3O7. The molecule has 10 nitrogen and oxygen atoms in total. The first-order valence-electron chi connectivity index (χ1n) is 15.3. The first-order valence-corrected chi connectivity index (χ1v) is 16.1. The number of methoxy groups -OCH3 is 1. The van der Waals surface area contributed by atoms with E-state index < -0.39 is 29.1 Å². The summed E-state index contributed by atoms with van der Waals surface area (Å²) in [4.78, 5) is 32.1. The number of hydrogen-bond donors (Lipinski definition) is 3. The van der Waals surface area contributed by atoms with Crippen LogP contribution in [0.5, 0.6) is 11.5 Å². The van der Waals surface area contributed by atoms with Crippen molar-refractivity contribution in [3.8, 4) is 11.5 Å². The van der Waals surface area contributed by atoms with Crippen LogP contribution in [-0.4, -0.2) is 60.9 Å². The Balaban J connectivity index is 1.63. The Hall–Kier alpha value is -3.93. The van der Waals surface area contributed by atoms with Gasteiger partial charge >= 0.3 is 5.97 Å². The normalized spacial score (nSPS) is 17.5. The molecule has 1 amide bonds. The van der Waals surface area contributed by atoms with Crippen molar-refractivity contribution in [2.45, 2.75) is 63.7 Å². The second-order valence-corrected chi connectivity index (χ2v) is 12.7. The molecule has 0 saturated carbocycles. The number of nitrogens with zero attached hydrogens (tertiary/aromatic N) is 1. The van der Waals surface area contributed by atoms with Gasteiger partial charge < -0.3 is 24.1 Å². The van der Waals surface area contributed by atoms with Crippen molar-refractivity contribution in [3.05, 3.63) is 94.0 Å². The number of nitrogens with one attached hydrogen (secondary N) is 2. The highest BCUT2D eigenvalue weighted by atomic mass is 79.9. The highest BCUT2D eigenvalue weighted by molar-refractivity contribution is 9.10. The molecule has 0 aromatic heterocycles. The SMILES string of the molecule is COc1ccc(CCNNC(=O)[C@@]2(CCC(=O)OC(C)(C)C)N=C(c3ccc(OCCCO)cc3)O[C@H]2c2ccccc2Br)cc1. The van der Waals surface area contributed by atoms with Gasteiger partial charge in [0.1, 0.15) is 17.1 Å². The summed E-state index contributed by atoms with van der Waals surface area (Å²) in [5.74, 6) is 0.791. The molecule has 0 fully saturated rings. The fourth-order valence-electron chi connectivity index (χ4n) is 4.97. The number of amides is 1. The lowest BCUT2D eigenvalue weighted by molar-refractivity contribution is -0.155. The van der Waals surface area contributed by atoms with Gasteiger partial charge in [0.2, 0.25) is 5.90 Å². The second-order valence-electron chi connectivity index (χ2n) is 11.9. The molecule has 0 bridgehead atoms. The molecular weight excluding hydrogens is 654 g/mol. The van der Waals surface area contributed by atoms with Gasteiger partial charge in [-0.1, -0.05) is 46.3 Å². The van der Waals surface area contributed by atoms with E-state index in [1.165, 1.54) is 0 Å². The number of aliphatic hydroxyl groups excluding tert-OH is 1. The van der Waals surface area contributed by atoms with Gasteiger partial charge in [0.25, 0.3) is 5.91 Å². The van der Waals surface area contributed by atoms with E-state index in [2.05, 4.69) is 26.8 Å². The van der Waals surface area contributed by atoms with Gasteiger partial charge in [0.05, 0.1) is 13.7 Å². The minimum atomic E-state index is -1.51. The Morgan fingerprint density at radius 2 is 1.72 bits per heavy atom. The molecule has 11 heteroatoms. The fourth-order valence-corrected chi connectivity index (χ4v) is 5.46. The first kappa shape index (κ1) is 34.9. The van der Waals surface area contributed by atoms with E-state index in [1.54, 1.807) is 52.1 Å². The lowest BCUT2D eigenvalue weighted by Crippen LogP contribution is -2.53. The van der Waals surface area contributed by atoms with Gasteiger partial charge in [-0.3, -0.25) is 15.0 Å². The summed E-state index contributed by atoms with van der Waals surface area (Å²) in [7, 11) is 1.62. The van der Waals surface area contributed by atoms with Crippen LogP contribution in [0.4, 0.5) is 0 Å². The quantitative estimate of drug-likeness (QED) is 0.109. The average Bonchev–Trinajstić information content (AvgIpc) is 3.43.